The number of rotatable bonds is 7. The maximum absolute atomic E-state index is 13.5. The van der Waals surface area contributed by atoms with Gasteiger partial charge in [-0.25, -0.2) is 4.98 Å². The Hall–Kier alpha value is -4.04. The van der Waals surface area contributed by atoms with E-state index < -0.39 is 17.7 Å². The van der Waals surface area contributed by atoms with Crippen LogP contribution in [0.1, 0.15) is 61.5 Å². The van der Waals surface area contributed by atoms with E-state index in [9.17, 15) is 14.7 Å². The third-order valence-electron chi connectivity index (χ3n) is 6.60. The number of benzene rings is 2. The van der Waals surface area contributed by atoms with Crippen LogP contribution >= 0.6 is 11.3 Å². The largest absolute Gasteiger partial charge is 0.507 e. The minimum absolute atomic E-state index is 0.0162. The lowest BCUT2D eigenvalue weighted by atomic mass is 9.97. The zero-order valence-electron chi connectivity index (χ0n) is 21.8. The third-order valence-corrected chi connectivity index (χ3v) is 7.61. The van der Waals surface area contributed by atoms with Crippen molar-refractivity contribution in [3.8, 4) is 5.75 Å². The van der Waals surface area contributed by atoms with Crippen LogP contribution in [0.2, 0.25) is 0 Å². The molecule has 1 unspecified atom stereocenters. The number of ketones is 1. The van der Waals surface area contributed by atoms with E-state index in [2.05, 4.69) is 24.9 Å². The Labute approximate surface area is 225 Å². The summed E-state index contributed by atoms with van der Waals surface area (Å²) in [6.45, 7) is 8.72. The first kappa shape index (κ1) is 25.6. The number of carbonyl (C=O) groups excluding carboxylic acids is 2. The van der Waals surface area contributed by atoms with Crippen molar-refractivity contribution in [2.45, 2.75) is 46.1 Å². The predicted octanol–water partition coefficient (Wildman–Crippen LogP) is 6.54. The number of amides is 1. The number of ether oxygens (including phenoxy) is 1. The van der Waals surface area contributed by atoms with E-state index in [0.29, 0.717) is 34.7 Å². The molecule has 0 spiro atoms. The minimum atomic E-state index is -0.919. The first-order valence-electron chi connectivity index (χ1n) is 12.7. The smallest absolute Gasteiger partial charge is 0.301 e. The van der Waals surface area contributed by atoms with Crippen LogP contribution in [0.25, 0.3) is 16.0 Å². The Kier molecular flexibility index (Phi) is 6.99. The van der Waals surface area contributed by atoms with Gasteiger partial charge >= 0.3 is 5.91 Å². The molecule has 4 aromatic rings. The number of thiazole rings is 1. The van der Waals surface area contributed by atoms with Crippen LogP contribution in [0.15, 0.2) is 66.4 Å². The molecule has 8 heteroatoms. The van der Waals surface area contributed by atoms with Gasteiger partial charge in [-0.2, -0.15) is 0 Å². The summed E-state index contributed by atoms with van der Waals surface area (Å²) < 4.78 is 6.68. The zero-order chi connectivity index (χ0) is 27.0. The standard InChI is InChI=1S/C30H29N3O4S/c1-5-14-37-23-12-10-20(15-18(23)4)27(34)25-26(22-8-6-7-13-31-22)33(29(36)28(25)35)30-32-21-11-9-19(17(2)3)16-24(21)38-30/h6-13,15-17,26,34H,5,14H2,1-4H3/b27-25+. The molecule has 2 aromatic carbocycles. The molecule has 2 aromatic heterocycles. The van der Waals surface area contributed by atoms with E-state index in [1.165, 1.54) is 16.2 Å². The molecule has 1 amide bonds. The average Bonchev–Trinajstić information content (AvgIpc) is 3.45. The van der Waals surface area contributed by atoms with Gasteiger partial charge in [0, 0.05) is 11.8 Å². The number of pyridine rings is 1. The van der Waals surface area contributed by atoms with Crippen LogP contribution in [-0.4, -0.2) is 33.4 Å². The Morgan fingerprint density at radius 3 is 2.63 bits per heavy atom. The number of carbonyl (C=O) groups is 2. The van der Waals surface area contributed by atoms with Crippen LogP contribution in [0.3, 0.4) is 0 Å². The second-order valence-electron chi connectivity index (χ2n) is 9.63. The summed E-state index contributed by atoms with van der Waals surface area (Å²) in [5, 5.41) is 11.8. The van der Waals surface area contributed by atoms with Crippen molar-refractivity contribution in [1.29, 1.82) is 0 Å². The Balaban J connectivity index is 1.64. The lowest BCUT2D eigenvalue weighted by molar-refractivity contribution is -0.132. The normalized spacial score (nSPS) is 17.1. The van der Waals surface area contributed by atoms with Gasteiger partial charge < -0.3 is 9.84 Å². The van der Waals surface area contributed by atoms with Gasteiger partial charge in [-0.05, 0) is 72.9 Å². The number of aromatic nitrogens is 2. The molecule has 0 radical (unpaired) electrons. The number of hydrogen-bond acceptors (Lipinski definition) is 7. The minimum Gasteiger partial charge on any atom is -0.507 e. The Bertz CT molecular complexity index is 1560. The van der Waals surface area contributed by atoms with Crippen molar-refractivity contribution in [3.05, 3.63) is 88.8 Å². The number of aliphatic hydroxyl groups excluding tert-OH is 1. The van der Waals surface area contributed by atoms with Gasteiger partial charge in [-0.1, -0.05) is 44.2 Å². The maximum Gasteiger partial charge on any atom is 0.301 e. The molecule has 1 saturated heterocycles. The number of anilines is 1. The lowest BCUT2D eigenvalue weighted by Crippen LogP contribution is -2.29. The fraction of sp³-hybridized carbons (Fsp3) is 0.267. The summed E-state index contributed by atoms with van der Waals surface area (Å²) in [4.78, 5) is 37.4. The van der Waals surface area contributed by atoms with Crippen molar-refractivity contribution in [2.24, 2.45) is 0 Å². The number of nitrogens with zero attached hydrogens (tertiary/aromatic N) is 3. The predicted molar refractivity (Wildman–Crippen MR) is 150 cm³/mol. The van der Waals surface area contributed by atoms with Crippen molar-refractivity contribution < 1.29 is 19.4 Å². The van der Waals surface area contributed by atoms with E-state index in [1.807, 2.05) is 26.0 Å². The van der Waals surface area contributed by atoms with Gasteiger partial charge in [-0.15, -0.1) is 0 Å². The van der Waals surface area contributed by atoms with E-state index >= 15 is 0 Å². The molecule has 1 atom stereocenters. The van der Waals surface area contributed by atoms with Gasteiger partial charge in [0.25, 0.3) is 5.78 Å². The fourth-order valence-corrected chi connectivity index (χ4v) is 5.61. The summed E-state index contributed by atoms with van der Waals surface area (Å²) >= 11 is 1.35. The third kappa shape index (κ3) is 4.56. The maximum atomic E-state index is 13.5. The highest BCUT2D eigenvalue weighted by Crippen LogP contribution is 2.44. The molecule has 7 nitrogen and oxygen atoms in total. The SMILES string of the molecule is CCCOc1ccc(/C(O)=C2\C(=O)C(=O)N(c3nc4ccc(C(C)C)cc4s3)C2c2ccccn2)cc1C. The van der Waals surface area contributed by atoms with Gasteiger partial charge in [0.2, 0.25) is 0 Å². The highest BCUT2D eigenvalue weighted by Gasteiger charge is 2.48. The van der Waals surface area contributed by atoms with Gasteiger partial charge in [0.05, 0.1) is 28.1 Å². The monoisotopic (exact) mass is 527 g/mol. The highest BCUT2D eigenvalue weighted by molar-refractivity contribution is 7.22. The molecule has 1 aliphatic rings. The molecule has 1 N–H and O–H groups in total. The van der Waals surface area contributed by atoms with Gasteiger partial charge in [-0.3, -0.25) is 19.5 Å². The van der Waals surface area contributed by atoms with Crippen molar-refractivity contribution >= 4 is 44.1 Å². The van der Waals surface area contributed by atoms with Gasteiger partial charge in [0.1, 0.15) is 17.6 Å². The molecular formula is C30H29N3O4S. The summed E-state index contributed by atoms with van der Waals surface area (Å²) in [6.07, 6.45) is 2.48. The molecule has 0 aliphatic carbocycles. The molecular weight excluding hydrogens is 498 g/mol. The summed E-state index contributed by atoms with van der Waals surface area (Å²) in [6, 6.07) is 15.6. The van der Waals surface area contributed by atoms with Crippen molar-refractivity contribution in [3.63, 3.8) is 0 Å². The average molecular weight is 528 g/mol. The first-order chi connectivity index (χ1) is 18.3. The molecule has 1 aliphatic heterocycles. The molecule has 0 bridgehead atoms. The van der Waals surface area contributed by atoms with E-state index in [0.717, 1.165) is 27.8 Å². The quantitative estimate of drug-likeness (QED) is 0.167. The Morgan fingerprint density at radius 1 is 1.13 bits per heavy atom. The van der Waals surface area contributed by atoms with Crippen LogP contribution < -0.4 is 9.64 Å². The number of aryl methyl sites for hydroxylation is 1. The summed E-state index contributed by atoms with van der Waals surface area (Å²) in [5.74, 6) is -0.723. The highest BCUT2D eigenvalue weighted by atomic mass is 32.1. The number of Topliss-reactive ketones (excluding diaryl/α,β-unsaturated/α-hetero) is 1. The molecule has 194 valence electrons. The summed E-state index contributed by atoms with van der Waals surface area (Å²) in [5.41, 5.74) is 3.61. The Morgan fingerprint density at radius 2 is 1.95 bits per heavy atom. The van der Waals surface area contributed by atoms with Crippen molar-refractivity contribution in [1.82, 2.24) is 9.97 Å². The molecule has 5 rings (SSSR count). The van der Waals surface area contributed by atoms with Crippen molar-refractivity contribution in [2.75, 3.05) is 11.5 Å². The van der Waals surface area contributed by atoms with Crippen LogP contribution in [0, 0.1) is 6.92 Å². The number of hydrogen-bond donors (Lipinski definition) is 1. The second kappa shape index (κ2) is 10.4. The molecule has 1 fully saturated rings. The first-order valence-corrected chi connectivity index (χ1v) is 13.5. The van der Waals surface area contributed by atoms with Gasteiger partial charge in [0.15, 0.2) is 5.13 Å². The van der Waals surface area contributed by atoms with Crippen LogP contribution in [-0.2, 0) is 9.59 Å². The summed E-state index contributed by atoms with van der Waals surface area (Å²) in [7, 11) is 0. The van der Waals surface area contributed by atoms with E-state index in [4.69, 9.17) is 9.72 Å². The van der Waals surface area contributed by atoms with Crippen LogP contribution in [0.5, 0.6) is 5.75 Å². The topological polar surface area (TPSA) is 92.6 Å². The molecule has 3 heterocycles. The lowest BCUT2D eigenvalue weighted by Gasteiger charge is -2.22. The molecule has 0 saturated carbocycles. The van der Waals surface area contributed by atoms with E-state index in [-0.39, 0.29) is 11.3 Å². The second-order valence-corrected chi connectivity index (χ2v) is 10.6. The van der Waals surface area contributed by atoms with Crippen LogP contribution in [0.4, 0.5) is 5.13 Å². The fourth-order valence-electron chi connectivity index (χ4n) is 4.56. The zero-order valence-corrected chi connectivity index (χ0v) is 22.6. The number of aliphatic hydroxyl groups is 1. The number of fused-ring (bicyclic) bond motifs is 1. The van der Waals surface area contributed by atoms with E-state index in [1.54, 1.807) is 42.6 Å². The molecule has 38 heavy (non-hydrogen) atoms.